The number of imidazole rings is 1. The summed E-state index contributed by atoms with van der Waals surface area (Å²) >= 11 is 0. The first-order chi connectivity index (χ1) is 13.2. The monoisotopic (exact) mass is 364 g/mol. The van der Waals surface area contributed by atoms with Crippen LogP contribution in [0.25, 0.3) is 0 Å². The smallest absolute Gasteiger partial charge is 0.253 e. The van der Waals surface area contributed by atoms with Crippen molar-refractivity contribution in [3.05, 3.63) is 71.8 Å². The van der Waals surface area contributed by atoms with E-state index in [-0.39, 0.29) is 12.7 Å². The molecule has 0 unspecified atom stereocenters. The van der Waals surface area contributed by atoms with Gasteiger partial charge in [-0.25, -0.2) is 4.98 Å². The molecule has 1 aromatic heterocycles. The highest BCUT2D eigenvalue weighted by atomic mass is 16.7. The summed E-state index contributed by atoms with van der Waals surface area (Å²) in [4.78, 5) is 17.0. The molecule has 2 heterocycles. The molecule has 0 spiro atoms. The maximum Gasteiger partial charge on any atom is 0.253 e. The minimum absolute atomic E-state index is 0.143. The number of nitrogens with one attached hydrogen (secondary N) is 2. The van der Waals surface area contributed by atoms with Crippen molar-refractivity contribution in [1.82, 2.24) is 14.9 Å². The molecule has 7 nitrogen and oxygen atoms in total. The van der Waals surface area contributed by atoms with Gasteiger partial charge < -0.3 is 24.7 Å². The van der Waals surface area contributed by atoms with Gasteiger partial charge in [0.25, 0.3) is 5.91 Å². The number of rotatable bonds is 6. The van der Waals surface area contributed by atoms with Crippen molar-refractivity contribution < 1.29 is 14.3 Å². The van der Waals surface area contributed by atoms with Crippen LogP contribution in [0, 0.1) is 0 Å². The molecule has 0 atom stereocenters. The van der Waals surface area contributed by atoms with E-state index >= 15 is 0 Å². The molecule has 0 bridgehead atoms. The number of fused-ring (bicyclic) bond motifs is 1. The number of ether oxygens (including phenoxy) is 2. The van der Waals surface area contributed by atoms with Crippen LogP contribution < -0.4 is 20.1 Å². The molecule has 0 radical (unpaired) electrons. The van der Waals surface area contributed by atoms with Gasteiger partial charge in [-0.15, -0.1) is 0 Å². The molecular weight excluding hydrogens is 344 g/mol. The highest BCUT2D eigenvalue weighted by Gasteiger charge is 2.15. The van der Waals surface area contributed by atoms with Gasteiger partial charge in [0, 0.05) is 31.7 Å². The summed E-state index contributed by atoms with van der Waals surface area (Å²) in [5, 5.41) is 6.24. The summed E-state index contributed by atoms with van der Waals surface area (Å²) in [5.74, 6) is 2.19. The molecule has 2 N–H and O–H groups in total. The Balaban J connectivity index is 1.42. The maximum absolute atomic E-state index is 12.7. The number of benzene rings is 2. The number of para-hydroxylation sites is 1. The Bertz CT molecular complexity index is 967. The Morgan fingerprint density at radius 2 is 2.00 bits per heavy atom. The van der Waals surface area contributed by atoms with Gasteiger partial charge in [0.2, 0.25) is 6.79 Å². The van der Waals surface area contributed by atoms with Crippen molar-refractivity contribution in [2.75, 3.05) is 12.1 Å². The Labute approximate surface area is 156 Å². The fourth-order valence-corrected chi connectivity index (χ4v) is 2.90. The van der Waals surface area contributed by atoms with Gasteiger partial charge in [-0.1, -0.05) is 18.2 Å². The molecule has 4 rings (SSSR count). The van der Waals surface area contributed by atoms with Crippen LogP contribution in [0.3, 0.4) is 0 Å². The Morgan fingerprint density at radius 3 is 2.85 bits per heavy atom. The maximum atomic E-state index is 12.7. The molecule has 2 aromatic carbocycles. The van der Waals surface area contributed by atoms with Crippen LogP contribution in [0.5, 0.6) is 11.5 Å². The molecule has 0 saturated carbocycles. The molecule has 1 aliphatic rings. The highest BCUT2D eigenvalue weighted by molar-refractivity contribution is 5.99. The Kier molecular flexibility index (Phi) is 4.65. The van der Waals surface area contributed by atoms with Gasteiger partial charge in [-0.05, 0) is 29.8 Å². The second kappa shape index (κ2) is 7.41. The third kappa shape index (κ3) is 3.72. The molecule has 1 aliphatic heterocycles. The molecule has 27 heavy (non-hydrogen) atoms. The van der Waals surface area contributed by atoms with E-state index in [1.165, 1.54) is 0 Å². The van der Waals surface area contributed by atoms with E-state index in [9.17, 15) is 4.79 Å². The zero-order valence-electron chi connectivity index (χ0n) is 14.9. The lowest BCUT2D eigenvalue weighted by Crippen LogP contribution is -2.24. The van der Waals surface area contributed by atoms with E-state index in [0.29, 0.717) is 24.4 Å². The Morgan fingerprint density at radius 1 is 1.15 bits per heavy atom. The van der Waals surface area contributed by atoms with Gasteiger partial charge in [0.15, 0.2) is 11.5 Å². The largest absolute Gasteiger partial charge is 0.454 e. The first kappa shape index (κ1) is 17.0. The molecule has 0 saturated heterocycles. The normalized spacial score (nSPS) is 12.0. The first-order valence-corrected chi connectivity index (χ1v) is 8.66. The second-order valence-corrected chi connectivity index (χ2v) is 6.22. The lowest BCUT2D eigenvalue weighted by atomic mass is 10.1. The molecule has 138 valence electrons. The van der Waals surface area contributed by atoms with Gasteiger partial charge in [0.05, 0.1) is 12.1 Å². The van der Waals surface area contributed by atoms with Gasteiger partial charge in [-0.2, -0.15) is 0 Å². The first-order valence-electron chi connectivity index (χ1n) is 8.66. The van der Waals surface area contributed by atoms with E-state index < -0.39 is 0 Å². The summed E-state index contributed by atoms with van der Waals surface area (Å²) in [5.41, 5.74) is 2.31. The summed E-state index contributed by atoms with van der Waals surface area (Å²) in [6.07, 6.45) is 3.64. The zero-order valence-corrected chi connectivity index (χ0v) is 14.9. The number of amides is 1. The summed E-state index contributed by atoms with van der Waals surface area (Å²) < 4.78 is 12.6. The van der Waals surface area contributed by atoms with E-state index in [1.807, 2.05) is 54.2 Å². The molecule has 0 fully saturated rings. The van der Waals surface area contributed by atoms with Crippen LogP contribution in [0.4, 0.5) is 5.69 Å². The highest BCUT2D eigenvalue weighted by Crippen LogP contribution is 2.32. The third-order valence-electron chi connectivity index (χ3n) is 4.42. The van der Waals surface area contributed by atoms with Crippen LogP contribution in [0.2, 0.25) is 0 Å². The SMILES string of the molecule is Cn1ccnc1CNc1ccccc1C(=O)NCc1ccc2c(c1)OCO2. The van der Waals surface area contributed by atoms with E-state index in [1.54, 1.807) is 12.3 Å². The predicted molar refractivity (Wildman–Crippen MR) is 101 cm³/mol. The number of aromatic nitrogens is 2. The summed E-state index contributed by atoms with van der Waals surface area (Å²) in [6, 6.07) is 13.1. The number of hydrogen-bond acceptors (Lipinski definition) is 5. The van der Waals surface area contributed by atoms with Gasteiger partial charge in [0.1, 0.15) is 5.82 Å². The minimum Gasteiger partial charge on any atom is -0.454 e. The number of carbonyl (C=O) groups excluding carboxylic acids is 1. The quantitative estimate of drug-likeness (QED) is 0.703. The number of aryl methyl sites for hydroxylation is 1. The number of nitrogens with zero attached hydrogens (tertiary/aromatic N) is 2. The van der Waals surface area contributed by atoms with Crippen molar-refractivity contribution in [2.24, 2.45) is 7.05 Å². The van der Waals surface area contributed by atoms with Gasteiger partial charge in [-0.3, -0.25) is 4.79 Å². The predicted octanol–water partition coefficient (Wildman–Crippen LogP) is 2.69. The van der Waals surface area contributed by atoms with Crippen LogP contribution in [0.1, 0.15) is 21.7 Å². The topological polar surface area (TPSA) is 77.4 Å². The molecular formula is C20H20N4O3. The second-order valence-electron chi connectivity index (χ2n) is 6.22. The van der Waals surface area contributed by atoms with E-state index in [0.717, 1.165) is 22.8 Å². The molecule has 0 aliphatic carbocycles. The lowest BCUT2D eigenvalue weighted by Gasteiger charge is -2.12. The fourth-order valence-electron chi connectivity index (χ4n) is 2.90. The third-order valence-corrected chi connectivity index (χ3v) is 4.42. The van der Waals surface area contributed by atoms with Crippen molar-refractivity contribution in [3.8, 4) is 11.5 Å². The fraction of sp³-hybridized carbons (Fsp3) is 0.200. The lowest BCUT2D eigenvalue weighted by molar-refractivity contribution is 0.0951. The van der Waals surface area contributed by atoms with E-state index in [4.69, 9.17) is 9.47 Å². The molecule has 7 heteroatoms. The van der Waals surface area contributed by atoms with Crippen molar-refractivity contribution >= 4 is 11.6 Å². The average Bonchev–Trinajstić information content (AvgIpc) is 3.32. The zero-order chi connectivity index (χ0) is 18.6. The van der Waals surface area contributed by atoms with Gasteiger partial charge >= 0.3 is 0 Å². The molecule has 1 amide bonds. The summed E-state index contributed by atoms with van der Waals surface area (Å²) in [6.45, 7) is 1.18. The van der Waals surface area contributed by atoms with Crippen LogP contribution in [-0.4, -0.2) is 22.3 Å². The number of hydrogen-bond donors (Lipinski definition) is 2. The van der Waals surface area contributed by atoms with Crippen molar-refractivity contribution in [2.45, 2.75) is 13.1 Å². The number of anilines is 1. The standard InChI is InChI=1S/C20H20N4O3/c1-24-9-8-21-19(24)12-22-16-5-3-2-4-15(16)20(25)23-11-14-6-7-17-18(10-14)27-13-26-17/h2-10,22H,11-13H2,1H3,(H,23,25). The number of carbonyl (C=O) groups is 1. The van der Waals surface area contributed by atoms with Crippen molar-refractivity contribution in [3.63, 3.8) is 0 Å². The van der Waals surface area contributed by atoms with Crippen LogP contribution >= 0.6 is 0 Å². The average molecular weight is 364 g/mol. The Hall–Kier alpha value is -3.48. The minimum atomic E-state index is -0.143. The van der Waals surface area contributed by atoms with Crippen molar-refractivity contribution in [1.29, 1.82) is 0 Å². The van der Waals surface area contributed by atoms with Crippen LogP contribution in [0.15, 0.2) is 54.9 Å². The summed E-state index contributed by atoms with van der Waals surface area (Å²) in [7, 11) is 1.94. The van der Waals surface area contributed by atoms with Crippen LogP contribution in [-0.2, 0) is 20.1 Å². The molecule has 3 aromatic rings. The van der Waals surface area contributed by atoms with E-state index in [2.05, 4.69) is 15.6 Å².